The molecule has 3 saturated heterocycles. The number of pyridine rings is 1. The third-order valence-corrected chi connectivity index (χ3v) is 12.4. The molecule has 4 fully saturated rings. The quantitative estimate of drug-likeness (QED) is 0.161. The lowest BCUT2D eigenvalue weighted by atomic mass is 9.79. The Morgan fingerprint density at radius 3 is 2.45 bits per heavy atom. The number of carbonyl (C=O) groups excluding carboxylic acids is 1. The monoisotopic (exact) mass is 732 g/mol. The summed E-state index contributed by atoms with van der Waals surface area (Å²) < 4.78 is 2.42. The molecular formula is C45H48N8O2. The molecular weight excluding hydrogens is 685 g/mol. The molecule has 1 amide bonds. The molecule has 1 saturated carbocycles. The van der Waals surface area contributed by atoms with Gasteiger partial charge in [0.2, 0.25) is 5.91 Å². The highest BCUT2D eigenvalue weighted by atomic mass is 16.3. The van der Waals surface area contributed by atoms with E-state index in [1.165, 1.54) is 0 Å². The van der Waals surface area contributed by atoms with E-state index in [1.807, 2.05) is 57.4 Å². The fourth-order valence-electron chi connectivity index (χ4n) is 9.44. The van der Waals surface area contributed by atoms with Crippen LogP contribution in [0, 0.1) is 17.2 Å². The number of carbonyl (C=O) groups is 1. The van der Waals surface area contributed by atoms with Crippen molar-refractivity contribution in [3.63, 3.8) is 0 Å². The Morgan fingerprint density at radius 1 is 1.00 bits per heavy atom. The maximum atomic E-state index is 13.8. The highest BCUT2D eigenvalue weighted by molar-refractivity contribution is 6.12. The van der Waals surface area contributed by atoms with Gasteiger partial charge in [0, 0.05) is 64.0 Å². The predicted molar refractivity (Wildman–Crippen MR) is 219 cm³/mol. The number of phenols is 1. The van der Waals surface area contributed by atoms with Gasteiger partial charge in [0.05, 0.1) is 29.1 Å². The summed E-state index contributed by atoms with van der Waals surface area (Å²) in [5, 5.41) is 27.9. The Bertz CT molecular complexity index is 2500. The van der Waals surface area contributed by atoms with Crippen molar-refractivity contribution in [3.05, 3.63) is 95.3 Å². The minimum Gasteiger partial charge on any atom is -0.508 e. The number of imidazole rings is 1. The molecule has 3 aliphatic heterocycles. The average Bonchev–Trinajstić information content (AvgIpc) is 3.90. The summed E-state index contributed by atoms with van der Waals surface area (Å²) in [7, 11) is 7.87. The Labute approximate surface area is 322 Å². The molecule has 2 N–H and O–H groups in total. The topological polar surface area (TPSA) is 114 Å². The molecule has 4 unspecified atom stereocenters. The zero-order chi connectivity index (χ0) is 38.1. The van der Waals surface area contributed by atoms with Gasteiger partial charge in [-0.1, -0.05) is 54.6 Å². The maximum absolute atomic E-state index is 13.8. The van der Waals surface area contributed by atoms with Crippen molar-refractivity contribution < 1.29 is 9.90 Å². The van der Waals surface area contributed by atoms with Crippen LogP contribution in [0.4, 0.5) is 5.82 Å². The number of hydrogen-bond acceptors (Lipinski definition) is 8. The summed E-state index contributed by atoms with van der Waals surface area (Å²) >= 11 is 0. The number of aromatic hydroxyl groups is 1. The first-order valence-corrected chi connectivity index (χ1v) is 19.5. The van der Waals surface area contributed by atoms with E-state index in [0.29, 0.717) is 37.3 Å². The number of amides is 1. The van der Waals surface area contributed by atoms with E-state index in [9.17, 15) is 15.2 Å². The summed E-state index contributed by atoms with van der Waals surface area (Å²) in [5.74, 6) is 1.82. The second-order valence-electron chi connectivity index (χ2n) is 16.3. The van der Waals surface area contributed by atoms with E-state index in [2.05, 4.69) is 76.2 Å². The number of phenolic OH excluding ortho intramolecular Hbond substituents is 1. The number of anilines is 1. The molecule has 10 heteroatoms. The number of benzene rings is 4. The second kappa shape index (κ2) is 13.7. The molecule has 4 aromatic carbocycles. The molecule has 10 rings (SSSR count). The number of likely N-dealkylation sites (N-methyl/N-ethyl adjacent to an activating group) is 2. The first-order chi connectivity index (χ1) is 26.6. The highest BCUT2D eigenvalue weighted by Crippen LogP contribution is 2.50. The summed E-state index contributed by atoms with van der Waals surface area (Å²) in [4.78, 5) is 31.2. The van der Waals surface area contributed by atoms with Crippen molar-refractivity contribution in [2.75, 3.05) is 52.7 Å². The van der Waals surface area contributed by atoms with Crippen LogP contribution < -0.4 is 10.2 Å². The van der Waals surface area contributed by atoms with Crippen LogP contribution in [0.25, 0.3) is 43.8 Å². The molecule has 10 nitrogen and oxygen atoms in total. The number of hydrogen-bond donors (Lipinski definition) is 2. The van der Waals surface area contributed by atoms with Crippen LogP contribution in [0.3, 0.4) is 0 Å². The van der Waals surface area contributed by atoms with Crippen molar-refractivity contribution in [3.8, 4) is 22.9 Å². The van der Waals surface area contributed by atoms with Crippen molar-refractivity contribution >= 4 is 44.4 Å². The Balaban J connectivity index is 1.43. The number of aryl methyl sites for hydroxylation is 1. The number of aromatic nitrogens is 3. The van der Waals surface area contributed by atoms with Gasteiger partial charge in [-0.2, -0.15) is 5.26 Å². The highest BCUT2D eigenvalue weighted by Gasteiger charge is 2.50. The van der Waals surface area contributed by atoms with Crippen LogP contribution >= 0.6 is 0 Å². The molecule has 6 aromatic rings. The van der Waals surface area contributed by atoms with E-state index < -0.39 is 5.92 Å². The van der Waals surface area contributed by atoms with Crippen molar-refractivity contribution in [2.24, 2.45) is 5.92 Å². The summed E-state index contributed by atoms with van der Waals surface area (Å²) in [6.45, 7) is 4.57. The summed E-state index contributed by atoms with van der Waals surface area (Å²) in [6.07, 6.45) is 2.57. The molecule has 4 atom stereocenters. The summed E-state index contributed by atoms with van der Waals surface area (Å²) in [6, 6.07) is 27.9. The number of nitrogens with one attached hydrogen (secondary N) is 1. The normalized spacial score (nSPS) is 19.9. The second-order valence-corrected chi connectivity index (χ2v) is 16.3. The maximum Gasteiger partial charge on any atom is 0.232 e. The van der Waals surface area contributed by atoms with E-state index in [1.54, 1.807) is 4.90 Å². The zero-order valence-corrected chi connectivity index (χ0v) is 32.3. The number of nitrogens with zero attached hydrogens (tertiary/aromatic N) is 7. The third-order valence-electron chi connectivity index (χ3n) is 12.4. The Morgan fingerprint density at radius 2 is 1.76 bits per heavy atom. The molecule has 55 heavy (non-hydrogen) atoms. The minimum atomic E-state index is -0.462. The minimum absolute atomic E-state index is 0.0177. The molecule has 280 valence electrons. The molecule has 1 aliphatic carbocycles. The van der Waals surface area contributed by atoms with Crippen molar-refractivity contribution in [1.29, 1.82) is 5.26 Å². The number of fused-ring (bicyclic) bond motifs is 5. The van der Waals surface area contributed by atoms with Gasteiger partial charge in [-0.05, 0) is 96.6 Å². The van der Waals surface area contributed by atoms with Gasteiger partial charge in [0.1, 0.15) is 17.1 Å². The molecule has 2 bridgehead atoms. The summed E-state index contributed by atoms with van der Waals surface area (Å²) in [5.41, 5.74) is 7.92. The first kappa shape index (κ1) is 35.2. The van der Waals surface area contributed by atoms with Gasteiger partial charge in [-0.25, -0.2) is 9.97 Å². The third kappa shape index (κ3) is 5.80. The smallest absolute Gasteiger partial charge is 0.232 e. The molecule has 5 heterocycles. The lowest BCUT2D eigenvalue weighted by Gasteiger charge is -2.43. The van der Waals surface area contributed by atoms with E-state index in [0.717, 1.165) is 98.2 Å². The van der Waals surface area contributed by atoms with Gasteiger partial charge in [0.25, 0.3) is 0 Å². The molecule has 0 radical (unpaired) electrons. The standard InChI is InChI=1S/C45H48N8O2/c1-26(45(55)51(4)5)43-49-40-42(53(43)41-30-21-37(41)47-23-30)36-20-29(15-11-17-46)38(34-22-32(54)19-28-14-9-10-16-33(28)34)35(18-27-12-7-6-8-13-27)39(36)48-44(40)52-24-31(25-52)50(2)3/h6-10,12-14,16,19-20,22,26,30-31,37,41,47,54H,11,15,18,21,23-25H2,1-5H3. The SMILES string of the molecule is CC(C(=O)N(C)C)c1nc2c(N3CC(N(C)C)C3)nc3c(Cc4ccccc4)c(-c4cc(O)cc5ccccc45)c(CCC#N)cc3c2n1C1C2CNC1C2. The number of nitriles is 1. The lowest BCUT2D eigenvalue weighted by Crippen LogP contribution is -2.57. The van der Waals surface area contributed by atoms with Crippen LogP contribution in [0.5, 0.6) is 5.75 Å². The van der Waals surface area contributed by atoms with E-state index >= 15 is 0 Å². The fourth-order valence-corrected chi connectivity index (χ4v) is 9.44. The Hall–Kier alpha value is -5.50. The lowest BCUT2D eigenvalue weighted by molar-refractivity contribution is -0.130. The van der Waals surface area contributed by atoms with Gasteiger partial charge < -0.3 is 29.7 Å². The van der Waals surface area contributed by atoms with Crippen LogP contribution in [-0.4, -0.2) is 95.3 Å². The van der Waals surface area contributed by atoms with Gasteiger partial charge in [-0.3, -0.25) is 4.79 Å². The predicted octanol–water partition coefficient (Wildman–Crippen LogP) is 6.63. The van der Waals surface area contributed by atoms with Gasteiger partial charge >= 0.3 is 0 Å². The molecule has 2 aromatic heterocycles. The van der Waals surface area contributed by atoms with Crippen LogP contribution in [0.2, 0.25) is 0 Å². The van der Waals surface area contributed by atoms with E-state index in [-0.39, 0.29) is 17.7 Å². The first-order valence-electron chi connectivity index (χ1n) is 19.5. The number of rotatable bonds is 10. The van der Waals surface area contributed by atoms with Crippen LogP contribution in [0.1, 0.15) is 54.2 Å². The van der Waals surface area contributed by atoms with Crippen LogP contribution in [0.15, 0.2) is 72.8 Å². The average molecular weight is 733 g/mol. The molecule has 4 aliphatic rings. The van der Waals surface area contributed by atoms with Gasteiger partial charge in [-0.15, -0.1) is 0 Å². The fraction of sp³-hybridized carbons (Fsp3) is 0.378. The van der Waals surface area contributed by atoms with Crippen molar-refractivity contribution in [1.82, 2.24) is 29.7 Å². The molecule has 0 spiro atoms. The zero-order valence-electron chi connectivity index (χ0n) is 32.3. The largest absolute Gasteiger partial charge is 0.508 e. The van der Waals surface area contributed by atoms with E-state index in [4.69, 9.17) is 9.97 Å². The van der Waals surface area contributed by atoms with Crippen molar-refractivity contribution in [2.45, 2.75) is 56.7 Å². The van der Waals surface area contributed by atoms with Gasteiger partial charge in [0.15, 0.2) is 5.82 Å². The van der Waals surface area contributed by atoms with Crippen LogP contribution in [-0.2, 0) is 17.6 Å². The Kier molecular flexibility index (Phi) is 8.75.